The first kappa shape index (κ1) is 13.7. The van der Waals surface area contributed by atoms with Gasteiger partial charge in [0, 0.05) is 13.0 Å². The van der Waals surface area contributed by atoms with Crippen LogP contribution in [0, 0.1) is 5.92 Å². The lowest BCUT2D eigenvalue weighted by molar-refractivity contribution is -0.120. The fraction of sp³-hybridized carbons (Fsp3) is 0.636. The lowest BCUT2D eigenvalue weighted by Crippen LogP contribution is -2.40. The summed E-state index contributed by atoms with van der Waals surface area (Å²) in [5, 5.41) is 4.86. The van der Waals surface area contributed by atoms with Crippen LogP contribution in [0.25, 0.3) is 0 Å². The monoisotopic (exact) mass is 212 g/mol. The predicted molar refractivity (Wildman–Crippen MR) is 60.4 cm³/mol. The van der Waals surface area contributed by atoms with Crippen LogP contribution < -0.4 is 10.6 Å². The van der Waals surface area contributed by atoms with Gasteiger partial charge in [-0.2, -0.15) is 0 Å². The molecule has 1 atom stereocenters. The van der Waals surface area contributed by atoms with Crippen molar-refractivity contribution < 1.29 is 9.59 Å². The Morgan fingerprint density at radius 3 is 2.60 bits per heavy atom. The second-order valence-electron chi connectivity index (χ2n) is 3.51. The summed E-state index contributed by atoms with van der Waals surface area (Å²) in [7, 11) is 0. The highest BCUT2D eigenvalue weighted by atomic mass is 16.2. The molecule has 86 valence electrons. The molecular formula is C11H20N2O2. The number of hydrogen-bond acceptors (Lipinski definition) is 2. The number of nitrogens with one attached hydrogen (secondary N) is 2. The summed E-state index contributed by atoms with van der Waals surface area (Å²) in [6, 6.07) is -0.408. The van der Waals surface area contributed by atoms with Gasteiger partial charge in [0.15, 0.2) is 0 Å². The number of imide groups is 1. The molecule has 0 aromatic carbocycles. The van der Waals surface area contributed by atoms with Crippen molar-refractivity contribution in [3.8, 4) is 0 Å². The van der Waals surface area contributed by atoms with Gasteiger partial charge in [-0.05, 0) is 19.3 Å². The first-order chi connectivity index (χ1) is 7.10. The molecule has 0 aliphatic carbocycles. The summed E-state index contributed by atoms with van der Waals surface area (Å²) >= 11 is 0. The minimum absolute atomic E-state index is 0.161. The first-order valence-electron chi connectivity index (χ1n) is 5.30. The van der Waals surface area contributed by atoms with Gasteiger partial charge >= 0.3 is 6.03 Å². The SMILES string of the molecule is C/C=C/C(C)CC(=O)NC(=O)NCCC. The topological polar surface area (TPSA) is 58.2 Å². The highest BCUT2D eigenvalue weighted by Gasteiger charge is 2.09. The van der Waals surface area contributed by atoms with Gasteiger partial charge in [-0.1, -0.05) is 26.0 Å². The third kappa shape index (κ3) is 7.73. The van der Waals surface area contributed by atoms with Crippen LogP contribution in [0.3, 0.4) is 0 Å². The molecule has 4 heteroatoms. The van der Waals surface area contributed by atoms with Crippen molar-refractivity contribution in [1.82, 2.24) is 10.6 Å². The van der Waals surface area contributed by atoms with Gasteiger partial charge in [0.05, 0.1) is 0 Å². The van der Waals surface area contributed by atoms with Gasteiger partial charge in [-0.25, -0.2) is 4.79 Å². The van der Waals surface area contributed by atoms with Crippen LogP contribution in [0.5, 0.6) is 0 Å². The quantitative estimate of drug-likeness (QED) is 0.683. The highest BCUT2D eigenvalue weighted by molar-refractivity contribution is 5.94. The molecule has 0 heterocycles. The van der Waals surface area contributed by atoms with E-state index >= 15 is 0 Å². The maximum atomic E-state index is 11.3. The average Bonchev–Trinajstić information content (AvgIpc) is 2.14. The Bertz CT molecular complexity index is 237. The van der Waals surface area contributed by atoms with Crippen LogP contribution >= 0.6 is 0 Å². The van der Waals surface area contributed by atoms with Crippen molar-refractivity contribution in [1.29, 1.82) is 0 Å². The molecule has 0 aliphatic heterocycles. The maximum Gasteiger partial charge on any atom is 0.321 e. The lowest BCUT2D eigenvalue weighted by Gasteiger charge is -2.07. The number of amides is 3. The van der Waals surface area contributed by atoms with E-state index in [9.17, 15) is 9.59 Å². The van der Waals surface area contributed by atoms with E-state index in [1.165, 1.54) is 0 Å². The number of hydrogen-bond donors (Lipinski definition) is 2. The van der Waals surface area contributed by atoms with Crippen molar-refractivity contribution in [2.24, 2.45) is 5.92 Å². The van der Waals surface area contributed by atoms with E-state index in [1.54, 1.807) is 0 Å². The normalized spacial score (nSPS) is 12.5. The summed E-state index contributed by atoms with van der Waals surface area (Å²) < 4.78 is 0. The Balaban J connectivity index is 3.77. The molecule has 0 spiro atoms. The first-order valence-corrected chi connectivity index (χ1v) is 5.30. The molecule has 0 bridgehead atoms. The van der Waals surface area contributed by atoms with Crippen LogP contribution in [0.2, 0.25) is 0 Å². The van der Waals surface area contributed by atoms with E-state index in [0.29, 0.717) is 13.0 Å². The van der Waals surface area contributed by atoms with Crippen molar-refractivity contribution in [3.63, 3.8) is 0 Å². The number of allylic oxidation sites excluding steroid dienone is 2. The maximum absolute atomic E-state index is 11.3. The molecule has 2 N–H and O–H groups in total. The Morgan fingerprint density at radius 1 is 1.40 bits per heavy atom. The number of carbonyl (C=O) groups is 2. The number of rotatable bonds is 5. The molecule has 0 aromatic heterocycles. The third-order valence-corrected chi connectivity index (χ3v) is 1.82. The van der Waals surface area contributed by atoms with Crippen LogP contribution in [0.4, 0.5) is 4.79 Å². The minimum Gasteiger partial charge on any atom is -0.338 e. The zero-order chi connectivity index (χ0) is 11.7. The Labute approximate surface area is 91.1 Å². The molecule has 0 saturated heterocycles. The zero-order valence-corrected chi connectivity index (χ0v) is 9.67. The van der Waals surface area contributed by atoms with Gasteiger partial charge in [0.25, 0.3) is 0 Å². The van der Waals surface area contributed by atoms with Crippen molar-refractivity contribution >= 4 is 11.9 Å². The van der Waals surface area contributed by atoms with Gasteiger partial charge in [0.2, 0.25) is 5.91 Å². The minimum atomic E-state index is -0.408. The molecule has 0 aliphatic rings. The fourth-order valence-corrected chi connectivity index (χ4v) is 1.15. The molecule has 1 unspecified atom stereocenters. The Hall–Kier alpha value is -1.32. The molecule has 0 aromatic rings. The summed E-state index contributed by atoms with van der Waals surface area (Å²) in [4.78, 5) is 22.4. The van der Waals surface area contributed by atoms with Crippen molar-refractivity contribution in [2.45, 2.75) is 33.6 Å². The highest BCUT2D eigenvalue weighted by Crippen LogP contribution is 2.02. The van der Waals surface area contributed by atoms with Crippen LogP contribution in [0.15, 0.2) is 12.2 Å². The van der Waals surface area contributed by atoms with Gasteiger partial charge in [0.1, 0.15) is 0 Å². The van der Waals surface area contributed by atoms with Gasteiger partial charge < -0.3 is 5.32 Å². The van der Waals surface area contributed by atoms with Gasteiger partial charge in [-0.3, -0.25) is 10.1 Å². The van der Waals surface area contributed by atoms with Crippen LogP contribution in [0.1, 0.15) is 33.6 Å². The summed E-state index contributed by atoms with van der Waals surface area (Å²) in [5.41, 5.74) is 0. The van der Waals surface area contributed by atoms with E-state index in [2.05, 4.69) is 10.6 Å². The summed E-state index contributed by atoms with van der Waals surface area (Å²) in [6.07, 6.45) is 5.03. The smallest absolute Gasteiger partial charge is 0.321 e. The standard InChI is InChI=1S/C11H20N2O2/c1-4-6-9(3)8-10(14)13-11(15)12-7-5-2/h4,6,9H,5,7-8H2,1-3H3,(H2,12,13,14,15)/b6-4+. The third-order valence-electron chi connectivity index (χ3n) is 1.82. The average molecular weight is 212 g/mol. The van der Waals surface area contributed by atoms with Crippen molar-refractivity contribution in [3.05, 3.63) is 12.2 Å². The summed E-state index contributed by atoms with van der Waals surface area (Å²) in [5.74, 6) is -0.0804. The molecule has 0 rings (SSSR count). The molecule has 0 fully saturated rings. The lowest BCUT2D eigenvalue weighted by atomic mass is 10.1. The molecule has 0 saturated carbocycles. The fourth-order valence-electron chi connectivity index (χ4n) is 1.15. The molecule has 3 amide bonds. The Morgan fingerprint density at radius 2 is 2.07 bits per heavy atom. The number of carbonyl (C=O) groups excluding carboxylic acids is 2. The summed E-state index contributed by atoms with van der Waals surface area (Å²) in [6.45, 7) is 6.38. The Kier molecular flexibility index (Phi) is 7.32. The largest absolute Gasteiger partial charge is 0.338 e. The van der Waals surface area contributed by atoms with Crippen LogP contribution in [-0.2, 0) is 4.79 Å². The van der Waals surface area contributed by atoms with Crippen LogP contribution in [-0.4, -0.2) is 18.5 Å². The van der Waals surface area contributed by atoms with E-state index in [4.69, 9.17) is 0 Å². The zero-order valence-electron chi connectivity index (χ0n) is 9.67. The predicted octanol–water partition coefficient (Wildman–Crippen LogP) is 1.82. The second-order valence-corrected chi connectivity index (χ2v) is 3.51. The van der Waals surface area contributed by atoms with E-state index in [0.717, 1.165) is 6.42 Å². The molecule has 15 heavy (non-hydrogen) atoms. The van der Waals surface area contributed by atoms with E-state index in [1.807, 2.05) is 32.9 Å². The number of urea groups is 1. The molecular weight excluding hydrogens is 192 g/mol. The molecule has 0 radical (unpaired) electrons. The molecule has 4 nitrogen and oxygen atoms in total. The van der Waals surface area contributed by atoms with Gasteiger partial charge in [-0.15, -0.1) is 0 Å². The van der Waals surface area contributed by atoms with E-state index < -0.39 is 6.03 Å². The second kappa shape index (κ2) is 8.03. The van der Waals surface area contributed by atoms with Crippen molar-refractivity contribution in [2.75, 3.05) is 6.54 Å². The van der Waals surface area contributed by atoms with E-state index in [-0.39, 0.29) is 11.8 Å².